The molecule has 0 bridgehead atoms. The van der Waals surface area contributed by atoms with Crippen molar-refractivity contribution < 1.29 is 9.18 Å². The van der Waals surface area contributed by atoms with Gasteiger partial charge in [-0.2, -0.15) is 0 Å². The third-order valence-electron chi connectivity index (χ3n) is 8.71. The molecule has 0 aromatic rings. The van der Waals surface area contributed by atoms with Crippen molar-refractivity contribution in [3.63, 3.8) is 0 Å². The van der Waals surface area contributed by atoms with Crippen LogP contribution in [-0.4, -0.2) is 5.78 Å². The van der Waals surface area contributed by atoms with E-state index in [4.69, 9.17) is 0 Å². The van der Waals surface area contributed by atoms with E-state index >= 15 is 0 Å². The largest absolute Gasteiger partial charge is 0.295 e. The first-order valence-corrected chi connectivity index (χ1v) is 9.88. The highest BCUT2D eigenvalue weighted by Gasteiger charge is 2.59. The molecule has 3 fully saturated rings. The lowest BCUT2D eigenvalue weighted by atomic mass is 9.45. The number of hydrogen-bond acceptors (Lipinski definition) is 1. The number of carbonyl (C=O) groups is 1. The van der Waals surface area contributed by atoms with Crippen molar-refractivity contribution in [2.45, 2.75) is 72.6 Å². The van der Waals surface area contributed by atoms with Crippen molar-refractivity contribution in [3.8, 4) is 0 Å². The lowest BCUT2D eigenvalue weighted by Gasteiger charge is -2.59. The summed E-state index contributed by atoms with van der Waals surface area (Å²) in [5.41, 5.74) is 2.82. The summed E-state index contributed by atoms with van der Waals surface area (Å²) in [6, 6.07) is 0. The Kier molecular flexibility index (Phi) is 3.64. The average Bonchev–Trinajstić information content (AvgIpc) is 2.86. The van der Waals surface area contributed by atoms with Gasteiger partial charge in [-0.15, -0.1) is 0 Å². The Hall–Kier alpha value is -0.920. The van der Waals surface area contributed by atoms with Gasteiger partial charge in [0.05, 0.1) is 5.83 Å². The summed E-state index contributed by atoms with van der Waals surface area (Å²) in [7, 11) is 0. The summed E-state index contributed by atoms with van der Waals surface area (Å²) < 4.78 is 14.1. The molecule has 0 saturated heterocycles. The number of fused-ring (bicyclic) bond motifs is 5. The van der Waals surface area contributed by atoms with E-state index in [9.17, 15) is 9.18 Å². The van der Waals surface area contributed by atoms with E-state index in [-0.39, 0.29) is 16.7 Å². The highest BCUT2D eigenvalue weighted by Crippen LogP contribution is 2.67. The third-order valence-corrected chi connectivity index (χ3v) is 8.71. The monoisotopic (exact) mass is 330 g/mol. The molecule has 0 aromatic carbocycles. The number of halogens is 1. The minimum atomic E-state index is 0.0812. The zero-order valence-electron chi connectivity index (χ0n) is 15.6. The fourth-order valence-corrected chi connectivity index (χ4v) is 7.32. The number of ketones is 1. The standard InChI is InChI=1S/C22H31FO/c1-13-11-16(24)12-15-5-6-17-19-8-7-18(14(2)23)21(19,3)10-9-20(17)22(13,15)4/h12-13,17,19-20H,5-11H2,1-4H3/b18-14+/t13-,17?,19?,20?,21+,22-/m0/s1. The number of rotatable bonds is 0. The van der Waals surface area contributed by atoms with Crippen molar-refractivity contribution in [1.82, 2.24) is 0 Å². The van der Waals surface area contributed by atoms with Crippen LogP contribution >= 0.6 is 0 Å². The minimum absolute atomic E-state index is 0.0812. The molecule has 4 aliphatic rings. The first kappa shape index (κ1) is 16.5. The van der Waals surface area contributed by atoms with Gasteiger partial charge in [0.2, 0.25) is 0 Å². The summed E-state index contributed by atoms with van der Waals surface area (Å²) in [6.07, 6.45) is 9.41. The maximum atomic E-state index is 14.1. The number of allylic oxidation sites excluding steroid dienone is 3. The van der Waals surface area contributed by atoms with Gasteiger partial charge < -0.3 is 0 Å². The molecule has 0 heterocycles. The van der Waals surface area contributed by atoms with Gasteiger partial charge in [-0.3, -0.25) is 4.79 Å². The Labute approximate surface area is 145 Å². The van der Waals surface area contributed by atoms with Crippen LogP contribution in [0.5, 0.6) is 0 Å². The molecular formula is C22H31FO. The number of carbonyl (C=O) groups excluding carboxylic acids is 1. The topological polar surface area (TPSA) is 17.1 Å². The van der Waals surface area contributed by atoms with Crippen molar-refractivity contribution >= 4 is 5.78 Å². The van der Waals surface area contributed by atoms with E-state index in [1.54, 1.807) is 6.92 Å². The van der Waals surface area contributed by atoms with E-state index in [0.29, 0.717) is 35.9 Å². The summed E-state index contributed by atoms with van der Waals surface area (Å²) >= 11 is 0. The van der Waals surface area contributed by atoms with Crippen LogP contribution in [-0.2, 0) is 4.79 Å². The van der Waals surface area contributed by atoms with Crippen LogP contribution in [0.25, 0.3) is 0 Å². The summed E-state index contributed by atoms with van der Waals surface area (Å²) in [5.74, 6) is 2.88. The second-order valence-corrected chi connectivity index (χ2v) is 9.45. The van der Waals surface area contributed by atoms with E-state index in [2.05, 4.69) is 20.8 Å². The molecule has 0 amide bonds. The van der Waals surface area contributed by atoms with Crippen molar-refractivity contribution in [3.05, 3.63) is 23.0 Å². The Bertz CT molecular complexity index is 640. The third kappa shape index (κ3) is 2.01. The van der Waals surface area contributed by atoms with Gasteiger partial charge in [-0.05, 0) is 91.6 Å². The Balaban J connectivity index is 1.73. The van der Waals surface area contributed by atoms with Gasteiger partial charge in [-0.1, -0.05) is 26.3 Å². The quantitative estimate of drug-likeness (QED) is 0.532. The van der Waals surface area contributed by atoms with E-state index in [1.165, 1.54) is 18.4 Å². The maximum absolute atomic E-state index is 14.1. The molecule has 3 saturated carbocycles. The van der Waals surface area contributed by atoms with Gasteiger partial charge in [0.15, 0.2) is 5.78 Å². The number of hydrogen-bond donors (Lipinski definition) is 0. The Morgan fingerprint density at radius 3 is 2.62 bits per heavy atom. The molecule has 3 unspecified atom stereocenters. The molecule has 0 aromatic heterocycles. The zero-order chi connectivity index (χ0) is 17.3. The van der Waals surface area contributed by atoms with Gasteiger partial charge in [0.1, 0.15) is 0 Å². The normalized spacial score (nSPS) is 49.9. The molecule has 1 nitrogen and oxygen atoms in total. The van der Waals surface area contributed by atoms with Crippen LogP contribution < -0.4 is 0 Å². The molecule has 0 N–H and O–H groups in total. The predicted octanol–water partition coefficient (Wildman–Crippen LogP) is 6.01. The molecule has 4 aliphatic carbocycles. The summed E-state index contributed by atoms with van der Waals surface area (Å²) in [6.45, 7) is 8.71. The SMILES string of the molecule is C/C(F)=C1/CCC2C3CCC4=CC(=O)C[C@H](C)[C@]4(C)C3CC[C@]12C. The first-order chi connectivity index (χ1) is 11.3. The average molecular weight is 330 g/mol. The summed E-state index contributed by atoms with van der Waals surface area (Å²) in [4.78, 5) is 12.1. The van der Waals surface area contributed by atoms with Gasteiger partial charge >= 0.3 is 0 Å². The molecule has 4 rings (SSSR count). The fourth-order valence-electron chi connectivity index (χ4n) is 7.32. The molecule has 0 radical (unpaired) electrons. The highest BCUT2D eigenvalue weighted by molar-refractivity contribution is 5.92. The zero-order valence-corrected chi connectivity index (χ0v) is 15.6. The van der Waals surface area contributed by atoms with E-state index in [0.717, 1.165) is 31.3 Å². The molecule has 2 heteroatoms. The smallest absolute Gasteiger partial charge is 0.155 e. The molecule has 132 valence electrons. The molecular weight excluding hydrogens is 299 g/mol. The first-order valence-electron chi connectivity index (χ1n) is 9.88. The van der Waals surface area contributed by atoms with Crippen LogP contribution in [0.3, 0.4) is 0 Å². The molecule has 0 spiro atoms. The minimum Gasteiger partial charge on any atom is -0.295 e. The maximum Gasteiger partial charge on any atom is 0.155 e. The Morgan fingerprint density at radius 2 is 1.92 bits per heavy atom. The van der Waals surface area contributed by atoms with Crippen LogP contribution in [0.1, 0.15) is 72.6 Å². The van der Waals surface area contributed by atoms with Crippen molar-refractivity contribution in [2.24, 2.45) is 34.5 Å². The van der Waals surface area contributed by atoms with Crippen molar-refractivity contribution in [1.29, 1.82) is 0 Å². The van der Waals surface area contributed by atoms with Gasteiger partial charge in [-0.25, -0.2) is 4.39 Å². The van der Waals surface area contributed by atoms with Crippen LogP contribution in [0, 0.1) is 34.5 Å². The summed E-state index contributed by atoms with van der Waals surface area (Å²) in [5, 5.41) is 0. The second-order valence-electron chi connectivity index (χ2n) is 9.45. The molecule has 0 aliphatic heterocycles. The van der Waals surface area contributed by atoms with Gasteiger partial charge in [0, 0.05) is 6.42 Å². The van der Waals surface area contributed by atoms with Crippen LogP contribution in [0.4, 0.5) is 4.39 Å². The Morgan fingerprint density at radius 1 is 1.17 bits per heavy atom. The van der Waals surface area contributed by atoms with Crippen LogP contribution in [0.2, 0.25) is 0 Å². The van der Waals surface area contributed by atoms with Crippen LogP contribution in [0.15, 0.2) is 23.0 Å². The second kappa shape index (κ2) is 5.29. The lowest BCUT2D eigenvalue weighted by molar-refractivity contribution is -0.119. The predicted molar refractivity (Wildman–Crippen MR) is 95.1 cm³/mol. The molecule has 24 heavy (non-hydrogen) atoms. The van der Waals surface area contributed by atoms with Crippen molar-refractivity contribution in [2.75, 3.05) is 0 Å². The lowest BCUT2D eigenvalue weighted by Crippen LogP contribution is -2.52. The van der Waals surface area contributed by atoms with E-state index < -0.39 is 0 Å². The highest BCUT2D eigenvalue weighted by atomic mass is 19.1. The van der Waals surface area contributed by atoms with E-state index in [1.807, 2.05) is 6.08 Å². The fraction of sp³-hybridized carbons (Fsp3) is 0.773. The molecule has 6 atom stereocenters. The van der Waals surface area contributed by atoms with Gasteiger partial charge in [0.25, 0.3) is 0 Å².